The van der Waals surface area contributed by atoms with Gasteiger partial charge in [0.25, 0.3) is 0 Å². The van der Waals surface area contributed by atoms with E-state index in [9.17, 15) is 0 Å². The van der Waals surface area contributed by atoms with E-state index in [2.05, 4.69) is 51.4 Å². The molecule has 1 N–H and O–H groups in total. The number of thiazole rings is 1. The van der Waals surface area contributed by atoms with Gasteiger partial charge in [-0.05, 0) is 43.7 Å². The minimum Gasteiger partial charge on any atom is -0.396 e. The van der Waals surface area contributed by atoms with Gasteiger partial charge in [-0.1, -0.05) is 24.3 Å². The maximum absolute atomic E-state index is 9.03. The molecule has 0 atom stereocenters. The number of rotatable bonds is 6. The number of hydrogen-bond acceptors (Lipinski definition) is 6. The molecule has 0 amide bonds. The molecule has 0 bridgehead atoms. The lowest BCUT2D eigenvalue weighted by molar-refractivity contribution is -0.0910. The van der Waals surface area contributed by atoms with E-state index in [4.69, 9.17) is 9.84 Å². The highest BCUT2D eigenvalue weighted by Crippen LogP contribution is 2.32. The first-order valence-electron chi connectivity index (χ1n) is 10.4. The summed E-state index contributed by atoms with van der Waals surface area (Å²) in [6, 6.07) is 8.69. The van der Waals surface area contributed by atoms with Crippen LogP contribution in [0.5, 0.6) is 0 Å². The van der Waals surface area contributed by atoms with Crippen LogP contribution in [0, 0.1) is 6.92 Å². The van der Waals surface area contributed by atoms with Crippen LogP contribution in [0.15, 0.2) is 29.6 Å². The molecule has 4 rings (SSSR count). The molecule has 3 heterocycles. The quantitative estimate of drug-likeness (QED) is 0.807. The Morgan fingerprint density at radius 2 is 1.82 bits per heavy atom. The number of likely N-dealkylation sites (tertiary alicyclic amines) is 1. The van der Waals surface area contributed by atoms with Gasteiger partial charge in [0, 0.05) is 44.7 Å². The monoisotopic (exact) mass is 401 g/mol. The highest BCUT2D eigenvalue weighted by molar-refractivity contribution is 7.09. The van der Waals surface area contributed by atoms with Crippen molar-refractivity contribution < 1.29 is 9.84 Å². The molecule has 2 aromatic rings. The second kappa shape index (κ2) is 8.91. The first kappa shape index (κ1) is 19.8. The molecular weight excluding hydrogens is 370 g/mol. The molecule has 6 heteroatoms. The lowest BCUT2D eigenvalue weighted by Gasteiger charge is -2.47. The number of morpholine rings is 1. The fourth-order valence-corrected chi connectivity index (χ4v) is 4.94. The second-order valence-corrected chi connectivity index (χ2v) is 9.12. The highest BCUT2D eigenvalue weighted by Gasteiger charge is 2.40. The van der Waals surface area contributed by atoms with Gasteiger partial charge >= 0.3 is 0 Å². The number of nitrogens with zero attached hydrogens (tertiary/aromatic N) is 3. The van der Waals surface area contributed by atoms with E-state index in [0.29, 0.717) is 0 Å². The van der Waals surface area contributed by atoms with E-state index >= 15 is 0 Å². The van der Waals surface area contributed by atoms with Gasteiger partial charge in [-0.3, -0.25) is 0 Å². The number of anilines is 1. The SMILES string of the molecule is Cc1nc(N2CCOC3(CCN(CCc4ccc(CCO)cc4)CC3)C2)cs1. The van der Waals surface area contributed by atoms with Crippen molar-refractivity contribution in [3.05, 3.63) is 45.8 Å². The number of aliphatic hydroxyl groups is 1. The van der Waals surface area contributed by atoms with Crippen molar-refractivity contribution in [3.63, 3.8) is 0 Å². The van der Waals surface area contributed by atoms with E-state index < -0.39 is 0 Å². The molecule has 1 spiro atoms. The fraction of sp³-hybridized carbons (Fsp3) is 0.591. The van der Waals surface area contributed by atoms with Crippen molar-refractivity contribution in [2.24, 2.45) is 0 Å². The van der Waals surface area contributed by atoms with Crippen LogP contribution in [0.3, 0.4) is 0 Å². The van der Waals surface area contributed by atoms with Gasteiger partial charge in [-0.15, -0.1) is 11.3 Å². The second-order valence-electron chi connectivity index (χ2n) is 8.06. The van der Waals surface area contributed by atoms with Gasteiger partial charge < -0.3 is 19.6 Å². The first-order chi connectivity index (χ1) is 13.7. The lowest BCUT2D eigenvalue weighted by Crippen LogP contribution is -2.57. The molecule has 0 aliphatic carbocycles. The third-order valence-corrected chi connectivity index (χ3v) is 6.85. The van der Waals surface area contributed by atoms with E-state index in [0.717, 1.165) is 75.8 Å². The Balaban J connectivity index is 1.27. The zero-order chi connectivity index (χ0) is 19.4. The zero-order valence-electron chi connectivity index (χ0n) is 16.8. The fourth-order valence-electron chi connectivity index (χ4n) is 4.31. The van der Waals surface area contributed by atoms with E-state index in [1.807, 2.05) is 0 Å². The molecule has 28 heavy (non-hydrogen) atoms. The predicted octanol–water partition coefficient (Wildman–Crippen LogP) is 2.90. The number of benzene rings is 1. The minimum atomic E-state index is -0.00177. The average Bonchev–Trinajstić information content (AvgIpc) is 3.16. The summed E-state index contributed by atoms with van der Waals surface area (Å²) in [5.41, 5.74) is 2.58. The van der Waals surface area contributed by atoms with Crippen LogP contribution < -0.4 is 4.90 Å². The zero-order valence-corrected chi connectivity index (χ0v) is 17.6. The molecule has 152 valence electrons. The van der Waals surface area contributed by atoms with Crippen molar-refractivity contribution in [1.29, 1.82) is 0 Å². The summed E-state index contributed by atoms with van der Waals surface area (Å²) < 4.78 is 6.30. The van der Waals surface area contributed by atoms with Crippen molar-refractivity contribution >= 4 is 17.2 Å². The highest BCUT2D eigenvalue weighted by atomic mass is 32.1. The summed E-state index contributed by atoms with van der Waals surface area (Å²) in [5, 5.41) is 12.3. The summed E-state index contributed by atoms with van der Waals surface area (Å²) in [4.78, 5) is 9.66. The molecule has 2 saturated heterocycles. The molecule has 5 nitrogen and oxygen atoms in total. The lowest BCUT2D eigenvalue weighted by atomic mass is 9.89. The van der Waals surface area contributed by atoms with Crippen LogP contribution in [-0.4, -0.2) is 66.5 Å². The van der Waals surface area contributed by atoms with Crippen molar-refractivity contribution in [3.8, 4) is 0 Å². The molecular formula is C22H31N3O2S. The van der Waals surface area contributed by atoms with Gasteiger partial charge in [0.15, 0.2) is 0 Å². The molecule has 0 saturated carbocycles. The van der Waals surface area contributed by atoms with Gasteiger partial charge in [0.05, 0.1) is 17.2 Å². The minimum absolute atomic E-state index is 0.00177. The average molecular weight is 402 g/mol. The van der Waals surface area contributed by atoms with Crippen molar-refractivity contribution in [2.75, 3.05) is 50.8 Å². The molecule has 0 unspecified atom stereocenters. The Kier molecular flexibility index (Phi) is 6.31. The van der Waals surface area contributed by atoms with Gasteiger partial charge in [0.1, 0.15) is 5.82 Å². The first-order valence-corrected chi connectivity index (χ1v) is 11.3. The van der Waals surface area contributed by atoms with Gasteiger partial charge in [0.2, 0.25) is 0 Å². The summed E-state index contributed by atoms with van der Waals surface area (Å²) in [6.07, 6.45) is 4.02. The number of aryl methyl sites for hydroxylation is 1. The summed E-state index contributed by atoms with van der Waals surface area (Å²) in [6.45, 7) is 8.32. The van der Waals surface area contributed by atoms with E-state index in [1.54, 1.807) is 11.3 Å². The Labute approximate surface area is 172 Å². The maximum atomic E-state index is 9.03. The summed E-state index contributed by atoms with van der Waals surface area (Å²) >= 11 is 1.73. The van der Waals surface area contributed by atoms with Crippen molar-refractivity contribution in [2.45, 2.75) is 38.2 Å². The molecule has 0 radical (unpaired) electrons. The normalized spacial score (nSPS) is 20.0. The predicted molar refractivity (Wildman–Crippen MR) is 114 cm³/mol. The van der Waals surface area contributed by atoms with Crippen LogP contribution in [0.2, 0.25) is 0 Å². The third kappa shape index (κ3) is 4.74. The van der Waals surface area contributed by atoms with Gasteiger partial charge in [-0.25, -0.2) is 4.98 Å². The topological polar surface area (TPSA) is 48.8 Å². The molecule has 2 aliphatic heterocycles. The molecule has 1 aromatic carbocycles. The van der Waals surface area contributed by atoms with Crippen molar-refractivity contribution in [1.82, 2.24) is 9.88 Å². The Morgan fingerprint density at radius 1 is 1.11 bits per heavy atom. The van der Waals surface area contributed by atoms with Gasteiger partial charge in [-0.2, -0.15) is 0 Å². The van der Waals surface area contributed by atoms with E-state index in [-0.39, 0.29) is 12.2 Å². The maximum Gasteiger partial charge on any atom is 0.140 e. The number of hydrogen-bond donors (Lipinski definition) is 1. The number of aromatic nitrogens is 1. The Bertz CT molecular complexity index is 753. The largest absolute Gasteiger partial charge is 0.396 e. The number of aliphatic hydroxyl groups excluding tert-OH is 1. The van der Waals surface area contributed by atoms with Crippen LogP contribution in [-0.2, 0) is 17.6 Å². The number of ether oxygens (including phenoxy) is 1. The van der Waals surface area contributed by atoms with Crippen LogP contribution in [0.4, 0.5) is 5.82 Å². The van der Waals surface area contributed by atoms with Crippen LogP contribution in [0.1, 0.15) is 29.0 Å². The Morgan fingerprint density at radius 3 is 2.46 bits per heavy atom. The third-order valence-electron chi connectivity index (χ3n) is 6.09. The molecule has 2 fully saturated rings. The van der Waals surface area contributed by atoms with E-state index in [1.165, 1.54) is 11.1 Å². The smallest absolute Gasteiger partial charge is 0.140 e. The van der Waals surface area contributed by atoms with Crippen LogP contribution >= 0.6 is 11.3 Å². The van der Waals surface area contributed by atoms with Crippen LogP contribution in [0.25, 0.3) is 0 Å². The number of piperidine rings is 1. The molecule has 2 aliphatic rings. The standard InChI is InChI=1S/C22H31N3O2S/c1-18-23-21(16-28-18)25-13-15-27-22(17-25)8-11-24(12-9-22)10-6-19-2-4-20(5-3-19)7-14-26/h2-5,16,26H,6-15,17H2,1H3. The summed E-state index contributed by atoms with van der Waals surface area (Å²) in [5.74, 6) is 1.12. The molecule has 1 aromatic heterocycles. The summed E-state index contributed by atoms with van der Waals surface area (Å²) in [7, 11) is 0. The Hall–Kier alpha value is -1.47.